The van der Waals surface area contributed by atoms with Crippen LogP contribution in [0.2, 0.25) is 0 Å². The van der Waals surface area contributed by atoms with Crippen LogP contribution in [0, 0.1) is 6.92 Å². The average molecular weight is 382 g/mol. The highest BCUT2D eigenvalue weighted by atomic mass is 19.4. The van der Waals surface area contributed by atoms with E-state index >= 15 is 0 Å². The molecule has 2 N–H and O–H groups in total. The minimum atomic E-state index is -4.33. The fourth-order valence-electron chi connectivity index (χ4n) is 2.30. The number of hydrogen-bond acceptors (Lipinski definition) is 3. The molecule has 1 aromatic carbocycles. The Labute approximate surface area is 156 Å². The van der Waals surface area contributed by atoms with Gasteiger partial charge in [0.1, 0.15) is 5.82 Å². The largest absolute Gasteiger partial charge is 0.416 e. The number of halogens is 3. The third-order valence-electron chi connectivity index (χ3n) is 4.12. The van der Waals surface area contributed by atoms with Gasteiger partial charge in [-0.1, -0.05) is 25.5 Å². The number of guanidine groups is 1. The molecule has 148 valence electrons. The van der Waals surface area contributed by atoms with E-state index in [0.29, 0.717) is 18.1 Å². The summed E-state index contributed by atoms with van der Waals surface area (Å²) in [6, 6.07) is 5.04. The maximum atomic E-state index is 12.6. The van der Waals surface area contributed by atoms with E-state index in [0.717, 1.165) is 43.2 Å². The Balaban J connectivity index is 2.02. The fourth-order valence-corrected chi connectivity index (χ4v) is 2.30. The lowest BCUT2D eigenvalue weighted by Gasteiger charge is -2.12. The van der Waals surface area contributed by atoms with Gasteiger partial charge in [-0.3, -0.25) is 0 Å². The number of aromatic nitrogens is 3. The Kier molecular flexibility index (Phi) is 7.20. The molecule has 27 heavy (non-hydrogen) atoms. The van der Waals surface area contributed by atoms with E-state index in [1.165, 1.54) is 12.1 Å². The molecule has 0 bridgehead atoms. The summed E-state index contributed by atoms with van der Waals surface area (Å²) in [5, 5.41) is 14.5. The molecule has 1 aromatic heterocycles. The molecule has 6 nitrogen and oxygen atoms in total. The summed E-state index contributed by atoms with van der Waals surface area (Å²) in [6.07, 6.45) is -2.30. The molecule has 2 rings (SSSR count). The number of rotatable bonds is 7. The van der Waals surface area contributed by atoms with E-state index in [4.69, 9.17) is 0 Å². The van der Waals surface area contributed by atoms with E-state index < -0.39 is 11.7 Å². The Bertz CT molecular complexity index is 749. The number of alkyl halides is 3. The van der Waals surface area contributed by atoms with Gasteiger partial charge >= 0.3 is 6.18 Å². The van der Waals surface area contributed by atoms with Crippen molar-refractivity contribution in [3.63, 3.8) is 0 Å². The summed E-state index contributed by atoms with van der Waals surface area (Å²) < 4.78 is 39.8. The maximum absolute atomic E-state index is 12.6. The number of aliphatic imine (C=N–C) groups is 1. The van der Waals surface area contributed by atoms with Gasteiger partial charge in [-0.25, -0.2) is 4.99 Å². The van der Waals surface area contributed by atoms with E-state index in [2.05, 4.69) is 32.7 Å². The van der Waals surface area contributed by atoms with Crippen LogP contribution in [-0.4, -0.2) is 27.3 Å². The molecule has 0 aliphatic carbocycles. The van der Waals surface area contributed by atoms with E-state index in [1.54, 1.807) is 0 Å². The number of nitrogens with zero attached hydrogens (tertiary/aromatic N) is 4. The Morgan fingerprint density at radius 2 is 1.85 bits per heavy atom. The minimum Gasteiger partial charge on any atom is -0.356 e. The highest BCUT2D eigenvalue weighted by Crippen LogP contribution is 2.29. The van der Waals surface area contributed by atoms with Crippen LogP contribution in [0.3, 0.4) is 0 Å². The van der Waals surface area contributed by atoms with Gasteiger partial charge < -0.3 is 15.2 Å². The van der Waals surface area contributed by atoms with Gasteiger partial charge in [-0.05, 0) is 31.0 Å². The van der Waals surface area contributed by atoms with E-state index in [-0.39, 0.29) is 6.54 Å². The zero-order valence-electron chi connectivity index (χ0n) is 15.8. The standard InChI is InChI=1S/C18H25F3N6/c1-4-5-10-22-17(24-12-16-26-25-13(2)27(16)3)23-11-14-6-8-15(9-7-14)18(19,20)21/h6-9H,4-5,10-12H2,1-3H3,(H2,22,23,24). The molecular formula is C18H25F3N6. The van der Waals surface area contributed by atoms with Crippen LogP contribution in [0.5, 0.6) is 0 Å². The van der Waals surface area contributed by atoms with Crippen molar-refractivity contribution < 1.29 is 13.2 Å². The molecule has 1 heterocycles. The smallest absolute Gasteiger partial charge is 0.356 e. The van der Waals surface area contributed by atoms with Crippen LogP contribution < -0.4 is 10.6 Å². The number of nitrogens with one attached hydrogen (secondary N) is 2. The number of hydrogen-bond donors (Lipinski definition) is 2. The van der Waals surface area contributed by atoms with Crippen LogP contribution in [0.4, 0.5) is 13.2 Å². The second kappa shape index (κ2) is 9.38. The van der Waals surface area contributed by atoms with E-state index in [1.807, 2.05) is 18.5 Å². The summed E-state index contributed by atoms with van der Waals surface area (Å²) in [4.78, 5) is 4.46. The summed E-state index contributed by atoms with van der Waals surface area (Å²) in [5.74, 6) is 2.17. The summed E-state index contributed by atoms with van der Waals surface area (Å²) in [7, 11) is 1.88. The van der Waals surface area contributed by atoms with Crippen molar-refractivity contribution >= 4 is 5.96 Å². The Morgan fingerprint density at radius 1 is 1.15 bits per heavy atom. The van der Waals surface area contributed by atoms with E-state index in [9.17, 15) is 13.2 Å². The van der Waals surface area contributed by atoms with Gasteiger partial charge in [0, 0.05) is 13.6 Å². The lowest BCUT2D eigenvalue weighted by Crippen LogP contribution is -2.38. The SMILES string of the molecule is CCCCNC(=NCc1ccc(C(F)(F)F)cc1)NCc1nnc(C)n1C. The lowest BCUT2D eigenvalue weighted by molar-refractivity contribution is -0.137. The molecule has 0 unspecified atom stereocenters. The molecule has 0 aliphatic rings. The molecule has 0 spiro atoms. The first-order valence-electron chi connectivity index (χ1n) is 8.84. The van der Waals surface area contributed by atoms with Gasteiger partial charge in [0.05, 0.1) is 18.7 Å². The second-order valence-electron chi connectivity index (χ2n) is 6.22. The first-order valence-corrected chi connectivity index (χ1v) is 8.84. The first-order chi connectivity index (χ1) is 12.8. The van der Waals surface area contributed by atoms with Crippen molar-refractivity contribution in [1.82, 2.24) is 25.4 Å². The third-order valence-corrected chi connectivity index (χ3v) is 4.12. The number of aryl methyl sites for hydroxylation is 1. The molecule has 9 heteroatoms. The molecule has 0 saturated heterocycles. The predicted molar refractivity (Wildman–Crippen MR) is 98.1 cm³/mol. The van der Waals surface area contributed by atoms with Crippen LogP contribution in [0.25, 0.3) is 0 Å². The fraction of sp³-hybridized carbons (Fsp3) is 0.500. The van der Waals surface area contributed by atoms with Gasteiger partial charge in [0.15, 0.2) is 11.8 Å². The maximum Gasteiger partial charge on any atom is 0.416 e. The normalized spacial score (nSPS) is 12.3. The average Bonchev–Trinajstić information content (AvgIpc) is 2.95. The summed E-state index contributed by atoms with van der Waals surface area (Å²) in [6.45, 7) is 5.44. The number of unbranched alkanes of at least 4 members (excludes halogenated alkanes) is 1. The molecule has 0 atom stereocenters. The Morgan fingerprint density at radius 3 is 2.41 bits per heavy atom. The van der Waals surface area contributed by atoms with Crippen LogP contribution in [0.15, 0.2) is 29.3 Å². The van der Waals surface area contributed by atoms with Gasteiger partial charge in [0.25, 0.3) is 0 Å². The molecule has 0 radical (unpaired) electrons. The first kappa shape index (κ1) is 20.7. The topological polar surface area (TPSA) is 67.1 Å². The quantitative estimate of drug-likeness (QED) is 0.439. The van der Waals surface area contributed by atoms with Crippen molar-refractivity contribution in [2.24, 2.45) is 12.0 Å². The van der Waals surface area contributed by atoms with Crippen LogP contribution in [0.1, 0.15) is 42.5 Å². The Hall–Kier alpha value is -2.58. The zero-order valence-corrected chi connectivity index (χ0v) is 15.8. The second-order valence-corrected chi connectivity index (χ2v) is 6.22. The lowest BCUT2D eigenvalue weighted by atomic mass is 10.1. The van der Waals surface area contributed by atoms with Crippen molar-refractivity contribution in [2.75, 3.05) is 6.54 Å². The van der Waals surface area contributed by atoms with Crippen LogP contribution >= 0.6 is 0 Å². The predicted octanol–water partition coefficient (Wildman–Crippen LogP) is 3.18. The van der Waals surface area contributed by atoms with Crippen molar-refractivity contribution in [1.29, 1.82) is 0 Å². The van der Waals surface area contributed by atoms with Gasteiger partial charge in [-0.2, -0.15) is 13.2 Å². The van der Waals surface area contributed by atoms with Crippen molar-refractivity contribution in [2.45, 2.75) is 46.0 Å². The highest BCUT2D eigenvalue weighted by Gasteiger charge is 2.29. The summed E-state index contributed by atoms with van der Waals surface area (Å²) >= 11 is 0. The van der Waals surface area contributed by atoms with Crippen molar-refractivity contribution in [3.8, 4) is 0 Å². The summed E-state index contributed by atoms with van der Waals surface area (Å²) in [5.41, 5.74) is 0.0430. The molecule has 2 aromatic rings. The molecule has 0 amide bonds. The third kappa shape index (κ3) is 6.26. The van der Waals surface area contributed by atoms with Gasteiger partial charge in [-0.15, -0.1) is 10.2 Å². The van der Waals surface area contributed by atoms with Crippen LogP contribution in [-0.2, 0) is 26.3 Å². The number of benzene rings is 1. The zero-order chi connectivity index (χ0) is 19.9. The monoisotopic (exact) mass is 382 g/mol. The highest BCUT2D eigenvalue weighted by molar-refractivity contribution is 5.79. The molecule has 0 saturated carbocycles. The van der Waals surface area contributed by atoms with Crippen molar-refractivity contribution in [3.05, 3.63) is 47.0 Å². The minimum absolute atomic E-state index is 0.275. The molecule has 0 fully saturated rings. The van der Waals surface area contributed by atoms with Gasteiger partial charge in [0.2, 0.25) is 0 Å². The molecular weight excluding hydrogens is 357 g/mol. The molecule has 0 aliphatic heterocycles.